The maximum Gasteiger partial charge on any atom is 0.150 e. The van der Waals surface area contributed by atoms with Gasteiger partial charge in [0, 0.05) is 43.9 Å². The smallest absolute Gasteiger partial charge is 0.150 e. The van der Waals surface area contributed by atoms with E-state index in [2.05, 4.69) is 10.2 Å². The summed E-state index contributed by atoms with van der Waals surface area (Å²) in [7, 11) is 0. The van der Waals surface area contributed by atoms with E-state index in [9.17, 15) is 9.90 Å². The molecule has 4 nitrogen and oxygen atoms in total. The maximum atomic E-state index is 10.7. The maximum absolute atomic E-state index is 10.7. The lowest BCUT2D eigenvalue weighted by Gasteiger charge is -2.27. The van der Waals surface area contributed by atoms with Gasteiger partial charge in [-0.3, -0.25) is 9.69 Å². The van der Waals surface area contributed by atoms with Crippen molar-refractivity contribution in [3.05, 3.63) is 29.3 Å². The van der Waals surface area contributed by atoms with E-state index >= 15 is 0 Å². The highest BCUT2D eigenvalue weighted by molar-refractivity contribution is 5.75. The molecule has 0 aromatic heterocycles. The number of phenolic OH excluding ortho intramolecular Hbond substituents is 1. The summed E-state index contributed by atoms with van der Waals surface area (Å²) in [6.07, 6.45) is 0.806. The zero-order valence-corrected chi connectivity index (χ0v) is 9.15. The number of hydrogen-bond acceptors (Lipinski definition) is 4. The summed E-state index contributed by atoms with van der Waals surface area (Å²) < 4.78 is 0. The number of hydrogen-bond donors (Lipinski definition) is 2. The molecule has 0 atom stereocenters. The van der Waals surface area contributed by atoms with Crippen molar-refractivity contribution in [3.63, 3.8) is 0 Å². The normalized spacial score (nSPS) is 17.2. The Labute approximate surface area is 94.9 Å². The number of aromatic hydroxyl groups is 1. The Morgan fingerprint density at radius 3 is 2.81 bits per heavy atom. The molecule has 0 bridgehead atoms. The Kier molecular flexibility index (Phi) is 3.54. The van der Waals surface area contributed by atoms with Gasteiger partial charge in [0.15, 0.2) is 0 Å². The quantitative estimate of drug-likeness (QED) is 0.733. The minimum Gasteiger partial charge on any atom is -0.508 e. The number of carbonyl (C=O) groups is 1. The minimum atomic E-state index is 0.268. The summed E-state index contributed by atoms with van der Waals surface area (Å²) in [5, 5.41) is 13.0. The molecule has 0 radical (unpaired) electrons. The molecule has 1 aromatic rings. The van der Waals surface area contributed by atoms with E-state index in [0.717, 1.165) is 38.0 Å². The van der Waals surface area contributed by atoms with Gasteiger partial charge in [-0.1, -0.05) is 0 Å². The molecule has 2 rings (SSSR count). The minimum absolute atomic E-state index is 0.268. The fourth-order valence-electron chi connectivity index (χ4n) is 1.92. The number of benzene rings is 1. The van der Waals surface area contributed by atoms with Gasteiger partial charge in [-0.05, 0) is 18.2 Å². The van der Waals surface area contributed by atoms with Gasteiger partial charge < -0.3 is 10.4 Å². The monoisotopic (exact) mass is 220 g/mol. The van der Waals surface area contributed by atoms with Crippen molar-refractivity contribution in [2.24, 2.45) is 0 Å². The van der Waals surface area contributed by atoms with Crippen LogP contribution in [0.25, 0.3) is 0 Å². The summed E-state index contributed by atoms with van der Waals surface area (Å²) in [6, 6.07) is 4.97. The first-order chi connectivity index (χ1) is 7.79. The number of nitrogens with one attached hydrogen (secondary N) is 1. The topological polar surface area (TPSA) is 52.6 Å². The van der Waals surface area contributed by atoms with E-state index in [-0.39, 0.29) is 5.75 Å². The van der Waals surface area contributed by atoms with E-state index in [1.54, 1.807) is 18.2 Å². The SMILES string of the molecule is O=Cc1ccc(O)c(CN2CCNCC2)c1. The largest absolute Gasteiger partial charge is 0.508 e. The Morgan fingerprint density at radius 2 is 2.12 bits per heavy atom. The molecular weight excluding hydrogens is 204 g/mol. The van der Waals surface area contributed by atoms with Crippen LogP contribution in [-0.2, 0) is 6.54 Å². The number of rotatable bonds is 3. The molecule has 16 heavy (non-hydrogen) atoms. The number of carbonyl (C=O) groups excluding carboxylic acids is 1. The molecule has 86 valence electrons. The number of piperazine rings is 1. The molecule has 0 amide bonds. The van der Waals surface area contributed by atoms with Crippen LogP contribution in [-0.4, -0.2) is 42.5 Å². The summed E-state index contributed by atoms with van der Waals surface area (Å²) >= 11 is 0. The summed E-state index contributed by atoms with van der Waals surface area (Å²) in [5.74, 6) is 0.268. The van der Waals surface area contributed by atoms with Crippen molar-refractivity contribution in [1.82, 2.24) is 10.2 Å². The second-order valence-electron chi connectivity index (χ2n) is 4.03. The molecule has 0 aliphatic carbocycles. The molecular formula is C12H16N2O2. The number of nitrogens with zero attached hydrogens (tertiary/aromatic N) is 1. The van der Waals surface area contributed by atoms with Crippen molar-refractivity contribution in [2.45, 2.75) is 6.54 Å². The lowest BCUT2D eigenvalue weighted by molar-refractivity contribution is 0.112. The lowest BCUT2D eigenvalue weighted by atomic mass is 10.1. The van der Waals surface area contributed by atoms with Crippen LogP contribution in [0.4, 0.5) is 0 Å². The van der Waals surface area contributed by atoms with Crippen molar-refractivity contribution >= 4 is 6.29 Å². The molecule has 4 heteroatoms. The predicted molar refractivity (Wildman–Crippen MR) is 61.6 cm³/mol. The standard InChI is InChI=1S/C12H16N2O2/c15-9-10-1-2-12(16)11(7-10)8-14-5-3-13-4-6-14/h1-2,7,9,13,16H,3-6,8H2. The third kappa shape index (κ3) is 2.59. The fourth-order valence-corrected chi connectivity index (χ4v) is 1.92. The predicted octanol–water partition coefficient (Wildman–Crippen LogP) is 0.610. The van der Waals surface area contributed by atoms with Gasteiger partial charge in [-0.25, -0.2) is 0 Å². The van der Waals surface area contributed by atoms with E-state index < -0.39 is 0 Å². The van der Waals surface area contributed by atoms with E-state index in [1.165, 1.54) is 0 Å². The van der Waals surface area contributed by atoms with Crippen LogP contribution in [0.3, 0.4) is 0 Å². The summed E-state index contributed by atoms with van der Waals surface area (Å²) in [4.78, 5) is 12.9. The number of phenols is 1. The van der Waals surface area contributed by atoms with Gasteiger partial charge in [0.05, 0.1) is 0 Å². The second-order valence-corrected chi connectivity index (χ2v) is 4.03. The Bertz CT molecular complexity index is 373. The molecule has 1 aromatic carbocycles. The van der Waals surface area contributed by atoms with E-state index in [0.29, 0.717) is 12.1 Å². The third-order valence-electron chi connectivity index (χ3n) is 2.84. The second kappa shape index (κ2) is 5.09. The van der Waals surface area contributed by atoms with Crippen LogP contribution in [0.5, 0.6) is 5.75 Å². The fraction of sp³-hybridized carbons (Fsp3) is 0.417. The first-order valence-corrected chi connectivity index (χ1v) is 5.50. The van der Waals surface area contributed by atoms with Crippen molar-refractivity contribution < 1.29 is 9.90 Å². The molecule has 0 unspecified atom stereocenters. The van der Waals surface area contributed by atoms with Gasteiger partial charge in [0.1, 0.15) is 12.0 Å². The van der Waals surface area contributed by atoms with Crippen LogP contribution in [0, 0.1) is 0 Å². The lowest BCUT2D eigenvalue weighted by Crippen LogP contribution is -2.42. The summed E-state index contributed by atoms with van der Waals surface area (Å²) in [6.45, 7) is 4.62. The Hall–Kier alpha value is -1.39. The highest BCUT2D eigenvalue weighted by Crippen LogP contribution is 2.19. The first kappa shape index (κ1) is 11.1. The van der Waals surface area contributed by atoms with Crippen LogP contribution in [0.15, 0.2) is 18.2 Å². The average molecular weight is 220 g/mol. The van der Waals surface area contributed by atoms with Crippen molar-refractivity contribution in [3.8, 4) is 5.75 Å². The van der Waals surface area contributed by atoms with E-state index in [1.807, 2.05) is 0 Å². The molecule has 1 heterocycles. The molecule has 1 saturated heterocycles. The molecule has 1 aliphatic heterocycles. The van der Waals surface area contributed by atoms with Gasteiger partial charge >= 0.3 is 0 Å². The van der Waals surface area contributed by atoms with Gasteiger partial charge in [-0.2, -0.15) is 0 Å². The van der Waals surface area contributed by atoms with Crippen LogP contribution >= 0.6 is 0 Å². The summed E-state index contributed by atoms with van der Waals surface area (Å²) in [5.41, 5.74) is 1.44. The molecule has 0 spiro atoms. The third-order valence-corrected chi connectivity index (χ3v) is 2.84. The number of aldehydes is 1. The zero-order chi connectivity index (χ0) is 11.4. The highest BCUT2D eigenvalue weighted by atomic mass is 16.3. The highest BCUT2D eigenvalue weighted by Gasteiger charge is 2.12. The zero-order valence-electron chi connectivity index (χ0n) is 9.15. The Balaban J connectivity index is 2.09. The molecule has 1 fully saturated rings. The van der Waals surface area contributed by atoms with Gasteiger partial charge in [0.25, 0.3) is 0 Å². The van der Waals surface area contributed by atoms with Crippen LogP contribution in [0.2, 0.25) is 0 Å². The van der Waals surface area contributed by atoms with E-state index in [4.69, 9.17) is 0 Å². The van der Waals surface area contributed by atoms with Crippen molar-refractivity contribution in [1.29, 1.82) is 0 Å². The molecule has 1 aliphatic rings. The van der Waals surface area contributed by atoms with Crippen LogP contribution < -0.4 is 5.32 Å². The average Bonchev–Trinajstić information content (AvgIpc) is 2.33. The molecule has 2 N–H and O–H groups in total. The Morgan fingerprint density at radius 1 is 1.38 bits per heavy atom. The molecule has 0 saturated carbocycles. The van der Waals surface area contributed by atoms with Gasteiger partial charge in [-0.15, -0.1) is 0 Å². The van der Waals surface area contributed by atoms with Crippen LogP contribution in [0.1, 0.15) is 15.9 Å². The van der Waals surface area contributed by atoms with Crippen molar-refractivity contribution in [2.75, 3.05) is 26.2 Å². The van der Waals surface area contributed by atoms with Gasteiger partial charge in [0.2, 0.25) is 0 Å². The first-order valence-electron chi connectivity index (χ1n) is 5.50.